The van der Waals surface area contributed by atoms with E-state index in [1.807, 2.05) is 0 Å². The van der Waals surface area contributed by atoms with Gasteiger partial charge in [-0.25, -0.2) is 9.18 Å². The van der Waals surface area contributed by atoms with Crippen LogP contribution in [0.15, 0.2) is 40.1 Å². The summed E-state index contributed by atoms with van der Waals surface area (Å²) in [6, 6.07) is 5.79. The van der Waals surface area contributed by atoms with Crippen molar-refractivity contribution < 1.29 is 18.7 Å². The van der Waals surface area contributed by atoms with E-state index in [2.05, 4.69) is 4.98 Å². The molecule has 8 nitrogen and oxygen atoms in total. The van der Waals surface area contributed by atoms with E-state index in [-0.39, 0.29) is 36.8 Å². The molecule has 0 spiro atoms. The van der Waals surface area contributed by atoms with Crippen LogP contribution >= 0.6 is 0 Å². The third kappa shape index (κ3) is 4.44. The Labute approximate surface area is 165 Å². The van der Waals surface area contributed by atoms with Crippen molar-refractivity contribution >= 4 is 11.9 Å². The fraction of sp³-hybridized carbons (Fsp3) is 0.400. The van der Waals surface area contributed by atoms with Crippen LogP contribution in [0.25, 0.3) is 0 Å². The first kappa shape index (κ1) is 20.5. The summed E-state index contributed by atoms with van der Waals surface area (Å²) in [4.78, 5) is 53.6. The predicted molar refractivity (Wildman–Crippen MR) is 102 cm³/mol. The van der Waals surface area contributed by atoms with Gasteiger partial charge in [-0.1, -0.05) is 18.2 Å². The molecular formula is C20H22FN3O5. The summed E-state index contributed by atoms with van der Waals surface area (Å²) < 4.78 is 19.7. The Hall–Kier alpha value is -3.23. The van der Waals surface area contributed by atoms with E-state index in [9.17, 15) is 23.6 Å². The van der Waals surface area contributed by atoms with Crippen LogP contribution < -0.4 is 11.2 Å². The number of rotatable bonds is 5. The minimum absolute atomic E-state index is 0.142. The van der Waals surface area contributed by atoms with Gasteiger partial charge >= 0.3 is 11.7 Å². The lowest BCUT2D eigenvalue weighted by Crippen LogP contribution is -2.46. The fourth-order valence-electron chi connectivity index (χ4n) is 3.39. The molecule has 0 saturated carbocycles. The number of H-pyrrole nitrogens is 1. The Morgan fingerprint density at radius 2 is 2.03 bits per heavy atom. The van der Waals surface area contributed by atoms with Crippen LogP contribution in [0, 0.1) is 11.7 Å². The number of ether oxygens (including phenoxy) is 1. The quantitative estimate of drug-likeness (QED) is 0.755. The first-order chi connectivity index (χ1) is 13.9. The number of amides is 1. The third-order valence-electron chi connectivity index (χ3n) is 4.91. The normalized spacial score (nSPS) is 16.5. The lowest BCUT2D eigenvalue weighted by atomic mass is 9.97. The number of hydrogen-bond donors (Lipinski definition) is 1. The van der Waals surface area contributed by atoms with Gasteiger partial charge in [-0.05, 0) is 25.8 Å². The number of likely N-dealkylation sites (tertiary alicyclic amines) is 1. The minimum atomic E-state index is -0.805. The number of carbonyl (C=O) groups excluding carboxylic acids is 2. The van der Waals surface area contributed by atoms with Crippen LogP contribution in [0.4, 0.5) is 4.39 Å². The average molecular weight is 403 g/mol. The molecule has 0 aliphatic carbocycles. The highest BCUT2D eigenvalue weighted by atomic mass is 19.1. The molecule has 0 bridgehead atoms. The number of halogens is 1. The van der Waals surface area contributed by atoms with Crippen molar-refractivity contribution in [2.24, 2.45) is 5.92 Å². The standard InChI is InChI=1S/C20H22FN3O5/c1-2-29-19(27)14-7-5-9-23(11-14)17(25)15-10-22-20(28)24(18(15)26)12-13-6-3-4-8-16(13)21/h3-4,6,8,10,14H,2,5,7,9,11-12H2,1H3,(H,22,28). The second-order valence-corrected chi connectivity index (χ2v) is 6.83. The van der Waals surface area contributed by atoms with Crippen molar-refractivity contribution in [2.75, 3.05) is 19.7 Å². The highest BCUT2D eigenvalue weighted by Crippen LogP contribution is 2.19. The SMILES string of the molecule is CCOC(=O)C1CCCN(C(=O)c2c[nH]c(=O)n(Cc3ccccc3F)c2=O)C1. The maximum Gasteiger partial charge on any atom is 0.328 e. The fourth-order valence-corrected chi connectivity index (χ4v) is 3.39. The summed E-state index contributed by atoms with van der Waals surface area (Å²) >= 11 is 0. The maximum atomic E-state index is 13.9. The highest BCUT2D eigenvalue weighted by molar-refractivity contribution is 5.94. The molecule has 1 aliphatic rings. The van der Waals surface area contributed by atoms with Crippen LogP contribution in [0.2, 0.25) is 0 Å². The molecule has 1 aliphatic heterocycles. The number of piperidine rings is 1. The largest absolute Gasteiger partial charge is 0.466 e. The Morgan fingerprint density at radius 3 is 2.76 bits per heavy atom. The number of aromatic amines is 1. The van der Waals surface area contributed by atoms with Gasteiger partial charge in [0.05, 0.1) is 19.1 Å². The number of aromatic nitrogens is 2. The van der Waals surface area contributed by atoms with Crippen molar-refractivity contribution in [1.29, 1.82) is 0 Å². The monoisotopic (exact) mass is 403 g/mol. The summed E-state index contributed by atoms with van der Waals surface area (Å²) in [6.45, 7) is 2.20. The Bertz CT molecular complexity index is 1030. The van der Waals surface area contributed by atoms with Crippen LogP contribution in [0.3, 0.4) is 0 Å². The number of benzene rings is 1. The van der Waals surface area contributed by atoms with Gasteiger partial charge in [0, 0.05) is 24.8 Å². The number of nitrogens with zero attached hydrogens (tertiary/aromatic N) is 2. The third-order valence-corrected chi connectivity index (χ3v) is 4.91. The molecule has 1 atom stereocenters. The maximum absolute atomic E-state index is 13.9. The summed E-state index contributed by atoms with van der Waals surface area (Å²) in [5.74, 6) is -1.95. The molecule has 0 radical (unpaired) electrons. The lowest BCUT2D eigenvalue weighted by Gasteiger charge is -2.31. The molecule has 2 aromatic rings. The van der Waals surface area contributed by atoms with Gasteiger partial charge in [0.15, 0.2) is 0 Å². The van der Waals surface area contributed by atoms with Crippen molar-refractivity contribution in [3.8, 4) is 0 Å². The van der Waals surface area contributed by atoms with Gasteiger partial charge in [-0.15, -0.1) is 0 Å². The van der Waals surface area contributed by atoms with Crippen molar-refractivity contribution in [3.05, 3.63) is 68.2 Å². The van der Waals surface area contributed by atoms with Crippen LogP contribution in [-0.2, 0) is 16.1 Å². The van der Waals surface area contributed by atoms with E-state index in [0.717, 1.165) is 10.8 Å². The molecular weight excluding hydrogens is 381 g/mol. The Morgan fingerprint density at radius 1 is 1.28 bits per heavy atom. The zero-order chi connectivity index (χ0) is 21.0. The molecule has 1 fully saturated rings. The molecule has 1 saturated heterocycles. The van der Waals surface area contributed by atoms with E-state index in [1.54, 1.807) is 13.0 Å². The number of nitrogens with one attached hydrogen (secondary N) is 1. The summed E-state index contributed by atoms with van der Waals surface area (Å²) in [6.07, 6.45) is 2.27. The number of carbonyl (C=O) groups is 2. The first-order valence-corrected chi connectivity index (χ1v) is 9.44. The smallest absolute Gasteiger partial charge is 0.328 e. The van der Waals surface area contributed by atoms with E-state index >= 15 is 0 Å². The van der Waals surface area contributed by atoms with E-state index in [0.29, 0.717) is 19.4 Å². The van der Waals surface area contributed by atoms with Crippen molar-refractivity contribution in [2.45, 2.75) is 26.3 Å². The molecule has 2 heterocycles. The van der Waals surface area contributed by atoms with E-state index in [1.165, 1.54) is 23.1 Å². The van der Waals surface area contributed by atoms with Gasteiger partial charge in [0.25, 0.3) is 11.5 Å². The summed E-state index contributed by atoms with van der Waals surface area (Å²) in [7, 11) is 0. The van der Waals surface area contributed by atoms with Gasteiger partial charge in [-0.2, -0.15) is 0 Å². The van der Waals surface area contributed by atoms with Gasteiger partial charge in [0.2, 0.25) is 0 Å². The van der Waals surface area contributed by atoms with Crippen LogP contribution in [0.1, 0.15) is 35.7 Å². The molecule has 29 heavy (non-hydrogen) atoms. The minimum Gasteiger partial charge on any atom is -0.466 e. The van der Waals surface area contributed by atoms with Gasteiger partial charge in [0.1, 0.15) is 11.4 Å². The zero-order valence-electron chi connectivity index (χ0n) is 16.0. The topological polar surface area (TPSA) is 101 Å². The molecule has 3 rings (SSSR count). The molecule has 1 N–H and O–H groups in total. The molecule has 1 aromatic carbocycles. The number of hydrogen-bond acceptors (Lipinski definition) is 5. The van der Waals surface area contributed by atoms with Crippen LogP contribution in [0.5, 0.6) is 0 Å². The molecule has 1 amide bonds. The van der Waals surface area contributed by atoms with Crippen LogP contribution in [-0.4, -0.2) is 46.0 Å². The number of esters is 1. The molecule has 1 aromatic heterocycles. The summed E-state index contributed by atoms with van der Waals surface area (Å²) in [5.41, 5.74) is -1.62. The highest BCUT2D eigenvalue weighted by Gasteiger charge is 2.31. The predicted octanol–water partition coefficient (Wildman–Crippen LogP) is 1.14. The molecule has 9 heteroatoms. The molecule has 1 unspecified atom stereocenters. The van der Waals surface area contributed by atoms with E-state index in [4.69, 9.17) is 4.74 Å². The average Bonchev–Trinajstić information content (AvgIpc) is 2.72. The Kier molecular flexibility index (Phi) is 6.26. The summed E-state index contributed by atoms with van der Waals surface area (Å²) in [5, 5.41) is 0. The first-order valence-electron chi connectivity index (χ1n) is 9.44. The van der Waals surface area contributed by atoms with Gasteiger partial charge < -0.3 is 14.6 Å². The van der Waals surface area contributed by atoms with Crippen molar-refractivity contribution in [3.63, 3.8) is 0 Å². The van der Waals surface area contributed by atoms with Gasteiger partial charge in [-0.3, -0.25) is 19.0 Å². The molecule has 154 valence electrons. The second kappa shape index (κ2) is 8.85. The Balaban J connectivity index is 1.86. The van der Waals surface area contributed by atoms with E-state index < -0.39 is 28.9 Å². The zero-order valence-corrected chi connectivity index (χ0v) is 16.0. The second-order valence-electron chi connectivity index (χ2n) is 6.83. The lowest BCUT2D eigenvalue weighted by molar-refractivity contribution is -0.149. The van der Waals surface area contributed by atoms with Crippen molar-refractivity contribution in [1.82, 2.24) is 14.5 Å².